The zero-order chi connectivity index (χ0) is 18.4. The minimum absolute atomic E-state index is 0.565. The van der Waals surface area contributed by atoms with Crippen LogP contribution in [0, 0.1) is 0 Å². The number of halogens is 1. The van der Waals surface area contributed by atoms with Gasteiger partial charge in [-0.15, -0.1) is 0 Å². The minimum atomic E-state index is 0.565. The second-order valence-corrected chi connectivity index (χ2v) is 6.11. The van der Waals surface area contributed by atoms with E-state index in [1.165, 1.54) is 0 Å². The van der Waals surface area contributed by atoms with E-state index < -0.39 is 0 Å². The molecule has 0 amide bonds. The van der Waals surface area contributed by atoms with Crippen LogP contribution in [-0.2, 0) is 0 Å². The van der Waals surface area contributed by atoms with Crippen molar-refractivity contribution in [3.05, 3.63) is 58.1 Å². The van der Waals surface area contributed by atoms with Crippen molar-refractivity contribution < 1.29 is 14.2 Å². The van der Waals surface area contributed by atoms with Crippen LogP contribution in [0.3, 0.4) is 0 Å². The van der Waals surface area contributed by atoms with Crippen LogP contribution < -0.4 is 14.2 Å². The maximum Gasteiger partial charge on any atom is 0.203 e. The fraction of sp³-hybridized carbons (Fsp3) is 0.250. The number of benzene rings is 2. The fourth-order valence-electron chi connectivity index (χ4n) is 2.69. The van der Waals surface area contributed by atoms with E-state index in [0.29, 0.717) is 17.2 Å². The highest BCUT2D eigenvalue weighted by Crippen LogP contribution is 2.39. The van der Waals surface area contributed by atoms with Gasteiger partial charge in [0.15, 0.2) is 11.5 Å². The van der Waals surface area contributed by atoms with Crippen LogP contribution in [0.5, 0.6) is 17.2 Å². The van der Waals surface area contributed by atoms with Gasteiger partial charge in [-0.05, 0) is 36.8 Å². The number of ether oxygens (including phenoxy) is 3. The highest BCUT2D eigenvalue weighted by molar-refractivity contribution is 9.10. The van der Waals surface area contributed by atoms with Crippen molar-refractivity contribution in [1.29, 1.82) is 0 Å². The number of rotatable bonds is 6. The number of nitrogens with zero attached hydrogens (tertiary/aromatic N) is 1. The van der Waals surface area contributed by atoms with Gasteiger partial charge in [0.2, 0.25) is 5.75 Å². The number of allylic oxidation sites excluding steroid dienone is 2. The summed E-state index contributed by atoms with van der Waals surface area (Å²) in [5.41, 5.74) is 3.86. The standard InChI is InChI=1S/C20H22BrNO3/c1-6-16(13-7-9-15(21)10-8-13)19(22-2)14-11-17(23-3)20(25-5)18(12-14)24-4/h6-12H,1-5H3/b16-6-,22-19?. The van der Waals surface area contributed by atoms with Gasteiger partial charge in [-0.1, -0.05) is 34.1 Å². The second-order valence-electron chi connectivity index (χ2n) is 5.20. The normalized spacial score (nSPS) is 12.1. The highest BCUT2D eigenvalue weighted by atomic mass is 79.9. The Hall–Kier alpha value is -2.27. The zero-order valence-corrected chi connectivity index (χ0v) is 16.7. The molecule has 0 spiro atoms. The molecule has 2 rings (SSSR count). The van der Waals surface area contributed by atoms with Crippen molar-refractivity contribution in [3.8, 4) is 17.2 Å². The van der Waals surface area contributed by atoms with E-state index in [1.807, 2.05) is 31.2 Å². The summed E-state index contributed by atoms with van der Waals surface area (Å²) < 4.78 is 17.4. The van der Waals surface area contributed by atoms with Crippen LogP contribution in [0.1, 0.15) is 18.1 Å². The van der Waals surface area contributed by atoms with Crippen molar-refractivity contribution >= 4 is 27.2 Å². The molecular weight excluding hydrogens is 382 g/mol. The Kier molecular flexibility index (Phi) is 6.65. The molecule has 0 fully saturated rings. The lowest BCUT2D eigenvalue weighted by Crippen LogP contribution is -2.06. The highest BCUT2D eigenvalue weighted by Gasteiger charge is 2.18. The SMILES string of the molecule is C/C=C(\C(=NC)c1cc(OC)c(OC)c(OC)c1)c1ccc(Br)cc1. The van der Waals surface area contributed by atoms with Gasteiger partial charge in [0.25, 0.3) is 0 Å². The van der Waals surface area contributed by atoms with Crippen molar-refractivity contribution in [2.75, 3.05) is 28.4 Å². The summed E-state index contributed by atoms with van der Waals surface area (Å²) in [4.78, 5) is 4.52. The van der Waals surface area contributed by atoms with Crippen LogP contribution in [0.4, 0.5) is 0 Å². The molecule has 0 saturated heterocycles. The van der Waals surface area contributed by atoms with Gasteiger partial charge in [-0.2, -0.15) is 0 Å². The zero-order valence-electron chi connectivity index (χ0n) is 15.1. The Balaban J connectivity index is 2.58. The maximum absolute atomic E-state index is 5.46. The first-order valence-corrected chi connectivity index (χ1v) is 8.58. The Labute approximate surface area is 157 Å². The summed E-state index contributed by atoms with van der Waals surface area (Å²) in [5, 5.41) is 0. The smallest absolute Gasteiger partial charge is 0.203 e. The van der Waals surface area contributed by atoms with Crippen molar-refractivity contribution in [1.82, 2.24) is 0 Å². The molecule has 0 aromatic heterocycles. The number of methoxy groups -OCH3 is 3. The van der Waals surface area contributed by atoms with E-state index in [4.69, 9.17) is 14.2 Å². The molecule has 0 N–H and O–H groups in total. The first-order chi connectivity index (χ1) is 12.1. The molecule has 4 nitrogen and oxygen atoms in total. The number of hydrogen-bond donors (Lipinski definition) is 0. The average molecular weight is 404 g/mol. The van der Waals surface area contributed by atoms with Gasteiger partial charge in [-0.25, -0.2) is 0 Å². The van der Waals surface area contributed by atoms with Crippen LogP contribution in [0.25, 0.3) is 5.57 Å². The van der Waals surface area contributed by atoms with Gasteiger partial charge in [0, 0.05) is 22.7 Å². The van der Waals surface area contributed by atoms with Crippen LogP contribution >= 0.6 is 15.9 Å². The van der Waals surface area contributed by atoms with Crippen molar-refractivity contribution in [3.63, 3.8) is 0 Å². The third-order valence-corrected chi connectivity index (χ3v) is 4.39. The number of hydrogen-bond acceptors (Lipinski definition) is 4. The van der Waals surface area contributed by atoms with E-state index in [9.17, 15) is 0 Å². The summed E-state index contributed by atoms with van der Waals surface area (Å²) in [6.07, 6.45) is 2.05. The van der Waals surface area contributed by atoms with E-state index in [0.717, 1.165) is 26.9 Å². The quantitative estimate of drug-likeness (QED) is 0.637. The second kappa shape index (κ2) is 8.72. The molecule has 2 aromatic rings. The van der Waals surface area contributed by atoms with Crippen LogP contribution in [0.2, 0.25) is 0 Å². The topological polar surface area (TPSA) is 40.0 Å². The van der Waals surface area contributed by atoms with E-state index in [-0.39, 0.29) is 0 Å². The molecule has 0 aliphatic rings. The molecule has 0 radical (unpaired) electrons. The minimum Gasteiger partial charge on any atom is -0.493 e. The van der Waals surface area contributed by atoms with Crippen LogP contribution in [-0.4, -0.2) is 34.1 Å². The lowest BCUT2D eigenvalue weighted by atomic mass is 9.95. The average Bonchev–Trinajstić information content (AvgIpc) is 2.65. The predicted octanol–water partition coefficient (Wildman–Crippen LogP) is 5.00. The van der Waals surface area contributed by atoms with Crippen molar-refractivity contribution in [2.45, 2.75) is 6.92 Å². The summed E-state index contributed by atoms with van der Waals surface area (Å²) in [6, 6.07) is 12.0. The molecule has 0 aliphatic heterocycles. The third kappa shape index (κ3) is 4.04. The summed E-state index contributed by atoms with van der Waals surface area (Å²) in [6.45, 7) is 2.00. The molecule has 0 aliphatic carbocycles. The summed E-state index contributed by atoms with van der Waals surface area (Å²) in [7, 11) is 6.58. The molecule has 0 bridgehead atoms. The molecule has 2 aromatic carbocycles. The Morgan fingerprint density at radius 3 is 1.88 bits per heavy atom. The Morgan fingerprint density at radius 2 is 1.48 bits per heavy atom. The molecule has 0 heterocycles. The monoisotopic (exact) mass is 403 g/mol. The lowest BCUT2D eigenvalue weighted by molar-refractivity contribution is 0.324. The van der Waals surface area contributed by atoms with Crippen LogP contribution in [0.15, 0.2) is 51.9 Å². The molecule has 25 heavy (non-hydrogen) atoms. The molecule has 132 valence electrons. The molecule has 0 saturated carbocycles. The molecule has 0 unspecified atom stereocenters. The Morgan fingerprint density at radius 1 is 0.920 bits per heavy atom. The van der Waals surface area contributed by atoms with Crippen molar-refractivity contribution in [2.24, 2.45) is 4.99 Å². The van der Waals surface area contributed by atoms with Gasteiger partial charge >= 0.3 is 0 Å². The largest absolute Gasteiger partial charge is 0.493 e. The first-order valence-electron chi connectivity index (χ1n) is 7.79. The number of aliphatic imine (C=N–C) groups is 1. The van der Waals surface area contributed by atoms with E-state index in [2.05, 4.69) is 39.1 Å². The lowest BCUT2D eigenvalue weighted by Gasteiger charge is -2.17. The van der Waals surface area contributed by atoms with Gasteiger partial charge in [0.05, 0.1) is 27.0 Å². The summed E-state index contributed by atoms with van der Waals surface area (Å²) in [5.74, 6) is 1.77. The third-order valence-electron chi connectivity index (χ3n) is 3.86. The first kappa shape index (κ1) is 19.1. The van der Waals surface area contributed by atoms with E-state index in [1.54, 1.807) is 28.4 Å². The van der Waals surface area contributed by atoms with Gasteiger partial charge in [-0.3, -0.25) is 4.99 Å². The molecular formula is C20H22BrNO3. The Bertz CT molecular complexity index is 770. The van der Waals surface area contributed by atoms with Gasteiger partial charge < -0.3 is 14.2 Å². The predicted molar refractivity (Wildman–Crippen MR) is 106 cm³/mol. The molecule has 0 atom stereocenters. The summed E-state index contributed by atoms with van der Waals surface area (Å²) >= 11 is 3.47. The van der Waals surface area contributed by atoms with E-state index >= 15 is 0 Å². The van der Waals surface area contributed by atoms with Gasteiger partial charge in [0.1, 0.15) is 0 Å². The maximum atomic E-state index is 5.46. The molecule has 5 heteroatoms. The fourth-order valence-corrected chi connectivity index (χ4v) is 2.96.